The molecular weight excluding hydrogens is 482 g/mol. The molecule has 3 aromatic rings. The molecule has 4 rings (SSSR count). The Hall–Kier alpha value is -3.14. The van der Waals surface area contributed by atoms with E-state index in [1.807, 2.05) is 0 Å². The Balaban J connectivity index is 1.59. The van der Waals surface area contributed by atoms with Crippen LogP contribution in [0.25, 0.3) is 17.4 Å². The number of carbonyl (C=O) groups is 2. The monoisotopic (exact) mass is 492 g/mol. The minimum Gasteiger partial charge on any atom is -0.457 e. The van der Waals surface area contributed by atoms with Crippen LogP contribution < -0.4 is 0 Å². The van der Waals surface area contributed by atoms with Crippen molar-refractivity contribution < 1.29 is 23.3 Å². The summed E-state index contributed by atoms with van der Waals surface area (Å²) >= 11 is 12.8. The lowest BCUT2D eigenvalue weighted by molar-refractivity contribution is -0.384. The van der Waals surface area contributed by atoms with Crippen LogP contribution in [0.2, 0.25) is 10.0 Å². The van der Waals surface area contributed by atoms with Crippen LogP contribution in [-0.2, 0) is 11.3 Å². The Kier molecular flexibility index (Phi) is 6.05. The summed E-state index contributed by atoms with van der Waals surface area (Å²) in [6.07, 6.45) is 1.36. The van der Waals surface area contributed by atoms with Gasteiger partial charge in [-0.05, 0) is 42.1 Å². The quantitative estimate of drug-likeness (QED) is 0.228. The molecule has 7 nitrogen and oxygen atoms in total. The standard InChI is InChI=1S/C21H11Cl2FN2O5S/c22-15-2-1-3-17(24)14(15)10-25-20(27)19(32-21(25)28)9-12-5-7-18(31-12)13-8-11(26(29)30)4-6-16(13)23/h1-9H,10H2/b19-9+. The molecule has 0 atom stereocenters. The first kappa shape index (κ1) is 22.1. The van der Waals surface area contributed by atoms with Gasteiger partial charge >= 0.3 is 0 Å². The summed E-state index contributed by atoms with van der Waals surface area (Å²) in [5.74, 6) is -0.755. The van der Waals surface area contributed by atoms with Crippen molar-refractivity contribution in [3.63, 3.8) is 0 Å². The van der Waals surface area contributed by atoms with Crippen LogP contribution in [0.15, 0.2) is 57.9 Å². The zero-order valence-corrected chi connectivity index (χ0v) is 18.2. The third-order valence-corrected chi connectivity index (χ3v) is 6.17. The molecule has 2 amide bonds. The lowest BCUT2D eigenvalue weighted by Gasteiger charge is -2.14. The van der Waals surface area contributed by atoms with Gasteiger partial charge in [0.25, 0.3) is 16.8 Å². The number of nitrogens with zero attached hydrogens (tertiary/aromatic N) is 2. The lowest BCUT2D eigenvalue weighted by Crippen LogP contribution is -2.28. The molecule has 2 heterocycles. The van der Waals surface area contributed by atoms with Gasteiger partial charge in [0.05, 0.1) is 21.4 Å². The fourth-order valence-corrected chi connectivity index (χ4v) is 4.25. The van der Waals surface area contributed by atoms with Gasteiger partial charge in [0.1, 0.15) is 17.3 Å². The van der Waals surface area contributed by atoms with E-state index >= 15 is 0 Å². The van der Waals surface area contributed by atoms with Gasteiger partial charge in [-0.2, -0.15) is 0 Å². The average Bonchev–Trinajstić information content (AvgIpc) is 3.30. The van der Waals surface area contributed by atoms with E-state index in [2.05, 4.69) is 0 Å². The van der Waals surface area contributed by atoms with E-state index in [-0.39, 0.29) is 44.3 Å². The van der Waals surface area contributed by atoms with Crippen molar-refractivity contribution in [2.75, 3.05) is 0 Å². The maximum absolute atomic E-state index is 14.1. The second kappa shape index (κ2) is 8.78. The van der Waals surface area contributed by atoms with E-state index in [0.717, 1.165) is 4.90 Å². The van der Waals surface area contributed by atoms with E-state index in [4.69, 9.17) is 27.6 Å². The molecule has 0 radical (unpaired) electrons. The second-order valence-electron chi connectivity index (χ2n) is 6.59. The summed E-state index contributed by atoms with van der Waals surface area (Å²) in [6, 6.07) is 11.1. The molecule has 1 aliphatic rings. The molecule has 1 aromatic heterocycles. The zero-order chi connectivity index (χ0) is 23.0. The van der Waals surface area contributed by atoms with Crippen molar-refractivity contribution >= 4 is 57.9 Å². The Morgan fingerprint density at radius 1 is 1.12 bits per heavy atom. The third kappa shape index (κ3) is 4.27. The molecule has 1 saturated heterocycles. The van der Waals surface area contributed by atoms with Crippen LogP contribution in [0.4, 0.5) is 14.9 Å². The highest BCUT2D eigenvalue weighted by Crippen LogP contribution is 2.37. The largest absolute Gasteiger partial charge is 0.457 e. The molecule has 2 aromatic carbocycles. The summed E-state index contributed by atoms with van der Waals surface area (Å²) in [4.78, 5) is 36.5. The molecule has 0 N–H and O–H groups in total. The predicted octanol–water partition coefficient (Wildman–Crippen LogP) is 6.54. The van der Waals surface area contributed by atoms with Gasteiger partial charge in [-0.3, -0.25) is 24.6 Å². The summed E-state index contributed by atoms with van der Waals surface area (Å²) < 4.78 is 19.7. The van der Waals surface area contributed by atoms with E-state index in [1.165, 1.54) is 48.5 Å². The minimum absolute atomic E-state index is 0.0401. The summed E-state index contributed by atoms with van der Waals surface area (Å²) in [5.41, 5.74) is 0.191. The first-order chi connectivity index (χ1) is 15.2. The van der Waals surface area contributed by atoms with Crippen molar-refractivity contribution in [3.05, 3.63) is 90.7 Å². The third-order valence-electron chi connectivity index (χ3n) is 4.58. The maximum Gasteiger partial charge on any atom is 0.293 e. The van der Waals surface area contributed by atoms with Gasteiger partial charge in [0.2, 0.25) is 0 Å². The molecular formula is C21H11Cl2FN2O5S. The summed E-state index contributed by atoms with van der Waals surface area (Å²) in [6.45, 7) is -0.305. The number of nitro groups is 1. The van der Waals surface area contributed by atoms with E-state index in [0.29, 0.717) is 17.3 Å². The normalized spacial score (nSPS) is 15.1. The van der Waals surface area contributed by atoms with Crippen LogP contribution in [0.1, 0.15) is 11.3 Å². The van der Waals surface area contributed by atoms with E-state index in [9.17, 15) is 24.1 Å². The van der Waals surface area contributed by atoms with Crippen LogP contribution in [0, 0.1) is 15.9 Å². The molecule has 0 bridgehead atoms. The molecule has 1 fully saturated rings. The van der Waals surface area contributed by atoms with Crippen molar-refractivity contribution in [3.8, 4) is 11.3 Å². The summed E-state index contributed by atoms with van der Waals surface area (Å²) in [5, 5.41) is 10.8. The number of imide groups is 1. The lowest BCUT2D eigenvalue weighted by atomic mass is 10.1. The fourth-order valence-electron chi connectivity index (χ4n) is 3.00. The Morgan fingerprint density at radius 3 is 2.62 bits per heavy atom. The molecule has 0 unspecified atom stereocenters. The number of benzene rings is 2. The number of thioether (sulfide) groups is 1. The first-order valence-corrected chi connectivity index (χ1v) is 10.5. The molecule has 162 valence electrons. The number of hydrogen-bond acceptors (Lipinski definition) is 6. The van der Waals surface area contributed by atoms with Crippen LogP contribution in [0.3, 0.4) is 0 Å². The first-order valence-electron chi connectivity index (χ1n) is 8.97. The van der Waals surface area contributed by atoms with Crippen molar-refractivity contribution in [2.24, 2.45) is 0 Å². The van der Waals surface area contributed by atoms with Crippen molar-refractivity contribution in [1.29, 1.82) is 0 Å². The van der Waals surface area contributed by atoms with E-state index < -0.39 is 21.9 Å². The molecule has 1 aliphatic heterocycles. The second-order valence-corrected chi connectivity index (χ2v) is 8.40. The number of furan rings is 1. The molecule has 0 saturated carbocycles. The zero-order valence-electron chi connectivity index (χ0n) is 15.9. The SMILES string of the molecule is O=C1S/C(=C/c2ccc(-c3cc([N+](=O)[O-])ccc3Cl)o2)C(=O)N1Cc1c(F)cccc1Cl. The topological polar surface area (TPSA) is 93.7 Å². The molecule has 0 aliphatic carbocycles. The van der Waals surface area contributed by atoms with Gasteiger partial charge in [-0.25, -0.2) is 4.39 Å². The highest BCUT2D eigenvalue weighted by Gasteiger charge is 2.36. The van der Waals surface area contributed by atoms with Crippen LogP contribution in [-0.4, -0.2) is 21.0 Å². The minimum atomic E-state index is -0.620. The number of rotatable bonds is 5. The van der Waals surface area contributed by atoms with E-state index in [1.54, 1.807) is 6.07 Å². The number of amides is 2. The highest BCUT2D eigenvalue weighted by molar-refractivity contribution is 8.18. The Bertz CT molecular complexity index is 1290. The van der Waals surface area contributed by atoms with Crippen molar-refractivity contribution in [1.82, 2.24) is 4.90 Å². The van der Waals surface area contributed by atoms with Crippen LogP contribution >= 0.6 is 35.0 Å². The van der Waals surface area contributed by atoms with Gasteiger partial charge < -0.3 is 4.42 Å². The molecule has 0 spiro atoms. The fraction of sp³-hybridized carbons (Fsp3) is 0.0476. The number of non-ortho nitro benzene ring substituents is 1. The Morgan fingerprint density at radius 2 is 1.91 bits per heavy atom. The highest BCUT2D eigenvalue weighted by atomic mass is 35.5. The van der Waals surface area contributed by atoms with Gasteiger partial charge in [0, 0.05) is 34.4 Å². The van der Waals surface area contributed by atoms with Gasteiger partial charge in [-0.15, -0.1) is 0 Å². The molecule has 11 heteroatoms. The smallest absolute Gasteiger partial charge is 0.293 e. The molecule has 32 heavy (non-hydrogen) atoms. The average molecular weight is 493 g/mol. The number of carbonyl (C=O) groups excluding carboxylic acids is 2. The Labute approximate surface area is 194 Å². The number of hydrogen-bond donors (Lipinski definition) is 0. The van der Waals surface area contributed by atoms with Gasteiger partial charge in [-0.1, -0.05) is 29.3 Å². The maximum atomic E-state index is 14.1. The summed E-state index contributed by atoms with van der Waals surface area (Å²) in [7, 11) is 0. The van der Waals surface area contributed by atoms with Crippen LogP contribution in [0.5, 0.6) is 0 Å². The predicted molar refractivity (Wildman–Crippen MR) is 119 cm³/mol. The number of nitro benzene ring substituents is 1. The van der Waals surface area contributed by atoms with Gasteiger partial charge in [0.15, 0.2) is 0 Å². The van der Waals surface area contributed by atoms with Crippen molar-refractivity contribution in [2.45, 2.75) is 6.54 Å². The number of halogens is 3.